The summed E-state index contributed by atoms with van der Waals surface area (Å²) in [5, 5.41) is 9.25. The van der Waals surface area contributed by atoms with Gasteiger partial charge in [-0.25, -0.2) is 4.98 Å². The number of hydrogen-bond acceptors (Lipinski definition) is 5. The molecule has 0 aliphatic carbocycles. The predicted molar refractivity (Wildman–Crippen MR) is 73.9 cm³/mol. The van der Waals surface area contributed by atoms with Crippen molar-refractivity contribution in [3.05, 3.63) is 36.4 Å². The lowest BCUT2D eigenvalue weighted by Crippen LogP contribution is -2.28. The van der Waals surface area contributed by atoms with Crippen LogP contribution in [0.25, 0.3) is 0 Å². The van der Waals surface area contributed by atoms with Gasteiger partial charge >= 0.3 is 0 Å². The Labute approximate surface area is 116 Å². The molecule has 0 bridgehead atoms. The Hall–Kier alpha value is -2.57. The molecule has 0 spiro atoms. The number of anilines is 1. The first-order valence-electron chi connectivity index (χ1n) is 6.28. The predicted octanol–water partition coefficient (Wildman–Crippen LogP) is 1.03. The van der Waals surface area contributed by atoms with Crippen LogP contribution in [0.2, 0.25) is 0 Å². The van der Waals surface area contributed by atoms with Crippen molar-refractivity contribution in [2.45, 2.75) is 19.4 Å². The highest BCUT2D eigenvalue weighted by molar-refractivity contribution is 5.76. The summed E-state index contributed by atoms with van der Waals surface area (Å²) in [6.45, 7) is 2.14. The number of carbonyl (C=O) groups excluding carboxylic acids is 1. The quantitative estimate of drug-likeness (QED) is 0.683. The number of nitrogens with one attached hydrogen (secondary N) is 2. The van der Waals surface area contributed by atoms with Crippen LogP contribution in [-0.2, 0) is 4.79 Å². The first-order valence-corrected chi connectivity index (χ1v) is 6.28. The zero-order valence-corrected chi connectivity index (χ0v) is 11.2. The summed E-state index contributed by atoms with van der Waals surface area (Å²) in [5.41, 5.74) is 6.25. The highest BCUT2D eigenvalue weighted by Gasteiger charge is 2.11. The van der Waals surface area contributed by atoms with Crippen LogP contribution in [0.5, 0.6) is 5.75 Å². The van der Waals surface area contributed by atoms with Crippen molar-refractivity contribution in [3.8, 4) is 5.75 Å². The minimum absolute atomic E-state index is 0.107. The molecule has 1 unspecified atom stereocenters. The van der Waals surface area contributed by atoms with E-state index in [0.717, 1.165) is 0 Å². The van der Waals surface area contributed by atoms with E-state index in [1.54, 1.807) is 24.3 Å². The van der Waals surface area contributed by atoms with Gasteiger partial charge in [0.1, 0.15) is 17.9 Å². The molecule has 0 fully saturated rings. The molecule has 1 atom stereocenters. The maximum Gasteiger partial charge on any atom is 0.224 e. The number of ether oxygens (including phenoxy) is 1. The topological polar surface area (TPSA) is 106 Å². The Morgan fingerprint density at radius 3 is 2.85 bits per heavy atom. The minimum Gasteiger partial charge on any atom is -0.493 e. The van der Waals surface area contributed by atoms with Gasteiger partial charge in [0.05, 0.1) is 19.1 Å². The third-order valence-corrected chi connectivity index (χ3v) is 2.70. The number of nitrogens with zero attached hydrogens (tertiary/aromatic N) is 2. The molecule has 1 aromatic carbocycles. The maximum absolute atomic E-state index is 11.7. The molecule has 0 saturated carbocycles. The highest BCUT2D eigenvalue weighted by atomic mass is 16.5. The molecule has 1 amide bonds. The molecule has 4 N–H and O–H groups in total. The van der Waals surface area contributed by atoms with Gasteiger partial charge in [0.15, 0.2) is 0 Å². The molecule has 0 aliphatic rings. The third kappa shape index (κ3) is 3.98. The Kier molecular flexibility index (Phi) is 4.54. The third-order valence-electron chi connectivity index (χ3n) is 2.70. The van der Waals surface area contributed by atoms with E-state index in [1.165, 1.54) is 6.33 Å². The van der Waals surface area contributed by atoms with Crippen molar-refractivity contribution in [2.75, 3.05) is 12.3 Å². The van der Waals surface area contributed by atoms with Crippen molar-refractivity contribution in [3.63, 3.8) is 0 Å². The molecule has 2 aromatic rings. The molecular formula is C13H17N5O2. The Balaban J connectivity index is 1.71. The zero-order valence-electron chi connectivity index (χ0n) is 11.2. The van der Waals surface area contributed by atoms with Crippen LogP contribution >= 0.6 is 0 Å². The summed E-state index contributed by atoms with van der Waals surface area (Å²) in [6.07, 6.45) is 1.67. The van der Waals surface area contributed by atoms with E-state index in [0.29, 0.717) is 23.9 Å². The second kappa shape index (κ2) is 6.55. The minimum atomic E-state index is -0.207. The number of nitrogen functional groups attached to an aromatic ring is 1. The van der Waals surface area contributed by atoms with Crippen molar-refractivity contribution in [1.29, 1.82) is 0 Å². The smallest absolute Gasteiger partial charge is 0.224 e. The number of rotatable bonds is 6. The molecule has 1 aromatic heterocycles. The lowest BCUT2D eigenvalue weighted by molar-refractivity contribution is -0.122. The first kappa shape index (κ1) is 13.9. The Morgan fingerprint density at radius 1 is 1.45 bits per heavy atom. The van der Waals surface area contributed by atoms with E-state index in [9.17, 15) is 4.79 Å². The van der Waals surface area contributed by atoms with Crippen molar-refractivity contribution < 1.29 is 9.53 Å². The van der Waals surface area contributed by atoms with Crippen molar-refractivity contribution in [2.24, 2.45) is 0 Å². The van der Waals surface area contributed by atoms with Gasteiger partial charge in [-0.1, -0.05) is 0 Å². The average Bonchev–Trinajstić information content (AvgIpc) is 2.95. The largest absolute Gasteiger partial charge is 0.493 e. The number of hydrogen-bond donors (Lipinski definition) is 3. The lowest BCUT2D eigenvalue weighted by atomic mass is 10.3. The van der Waals surface area contributed by atoms with Crippen molar-refractivity contribution in [1.82, 2.24) is 20.5 Å². The van der Waals surface area contributed by atoms with E-state index in [4.69, 9.17) is 10.5 Å². The fraction of sp³-hybridized carbons (Fsp3) is 0.308. The zero-order chi connectivity index (χ0) is 14.4. The SMILES string of the molecule is CC(NC(=O)CCOc1ccc(N)cc1)c1ncn[nH]1. The number of benzene rings is 1. The van der Waals surface area contributed by atoms with Crippen LogP contribution < -0.4 is 15.8 Å². The summed E-state index contributed by atoms with van der Waals surface area (Å²) in [7, 11) is 0. The van der Waals surface area contributed by atoms with Gasteiger partial charge < -0.3 is 15.8 Å². The monoisotopic (exact) mass is 275 g/mol. The summed E-state index contributed by atoms with van der Waals surface area (Å²) >= 11 is 0. The summed E-state index contributed by atoms with van der Waals surface area (Å²) in [5.74, 6) is 1.21. The van der Waals surface area contributed by atoms with Crippen LogP contribution in [-0.4, -0.2) is 27.7 Å². The molecule has 0 aliphatic heterocycles. The van der Waals surface area contributed by atoms with Gasteiger partial charge in [-0.3, -0.25) is 9.89 Å². The van der Waals surface area contributed by atoms with Gasteiger partial charge in [-0.05, 0) is 31.2 Å². The fourth-order valence-corrected chi connectivity index (χ4v) is 1.63. The number of aromatic nitrogens is 3. The number of carbonyl (C=O) groups is 1. The number of nitrogens with two attached hydrogens (primary N) is 1. The molecular weight excluding hydrogens is 258 g/mol. The van der Waals surface area contributed by atoms with Crippen LogP contribution in [0.4, 0.5) is 5.69 Å². The van der Waals surface area contributed by atoms with E-state index < -0.39 is 0 Å². The fourth-order valence-electron chi connectivity index (χ4n) is 1.63. The van der Waals surface area contributed by atoms with E-state index >= 15 is 0 Å². The number of amides is 1. The second-order valence-electron chi connectivity index (χ2n) is 4.33. The summed E-state index contributed by atoms with van der Waals surface area (Å²) < 4.78 is 5.45. The van der Waals surface area contributed by atoms with Gasteiger partial charge in [0.2, 0.25) is 5.91 Å². The van der Waals surface area contributed by atoms with E-state index in [-0.39, 0.29) is 18.4 Å². The first-order chi connectivity index (χ1) is 9.65. The molecule has 1 heterocycles. The Morgan fingerprint density at radius 2 is 2.20 bits per heavy atom. The highest BCUT2D eigenvalue weighted by Crippen LogP contribution is 2.13. The molecule has 0 radical (unpaired) electrons. The second-order valence-corrected chi connectivity index (χ2v) is 4.33. The van der Waals surface area contributed by atoms with Gasteiger partial charge in [-0.2, -0.15) is 5.10 Å². The van der Waals surface area contributed by atoms with Gasteiger partial charge in [-0.15, -0.1) is 0 Å². The Bertz CT molecular complexity index is 538. The van der Waals surface area contributed by atoms with Crippen LogP contribution in [0.15, 0.2) is 30.6 Å². The number of H-pyrrole nitrogens is 1. The van der Waals surface area contributed by atoms with E-state index in [2.05, 4.69) is 20.5 Å². The van der Waals surface area contributed by atoms with Crippen LogP contribution in [0.3, 0.4) is 0 Å². The molecule has 20 heavy (non-hydrogen) atoms. The standard InChI is InChI=1S/C13H17N5O2/c1-9(13-15-8-16-18-13)17-12(19)6-7-20-11-4-2-10(14)3-5-11/h2-5,8-9H,6-7,14H2,1H3,(H,17,19)(H,15,16,18). The average molecular weight is 275 g/mol. The van der Waals surface area contributed by atoms with Crippen LogP contribution in [0.1, 0.15) is 25.2 Å². The summed E-state index contributed by atoms with van der Waals surface area (Å²) in [6, 6.07) is 6.83. The number of aromatic amines is 1. The molecule has 2 rings (SSSR count). The van der Waals surface area contributed by atoms with E-state index in [1.807, 2.05) is 6.92 Å². The van der Waals surface area contributed by atoms with Crippen molar-refractivity contribution >= 4 is 11.6 Å². The molecule has 106 valence electrons. The maximum atomic E-state index is 11.7. The molecule has 7 nitrogen and oxygen atoms in total. The summed E-state index contributed by atoms with van der Waals surface area (Å²) in [4.78, 5) is 15.7. The molecule has 7 heteroatoms. The van der Waals surface area contributed by atoms with Crippen LogP contribution in [0, 0.1) is 0 Å². The van der Waals surface area contributed by atoms with Gasteiger partial charge in [0.25, 0.3) is 0 Å². The normalized spacial score (nSPS) is 11.8. The lowest BCUT2D eigenvalue weighted by Gasteiger charge is -2.11. The molecule has 0 saturated heterocycles. The van der Waals surface area contributed by atoms with Gasteiger partial charge in [0, 0.05) is 5.69 Å².